The molecule has 0 N–H and O–H groups in total. The van der Waals surface area contributed by atoms with Crippen LogP contribution in [-0.4, -0.2) is 47.9 Å². The molecule has 0 atom stereocenters. The molecule has 3 nitrogen and oxygen atoms in total. The van der Waals surface area contributed by atoms with Gasteiger partial charge in [0.15, 0.2) is 0 Å². The molecule has 1 heterocycles. The van der Waals surface area contributed by atoms with Crippen LogP contribution in [0.4, 0.5) is 0 Å². The summed E-state index contributed by atoms with van der Waals surface area (Å²) < 4.78 is 0. The summed E-state index contributed by atoms with van der Waals surface area (Å²) in [6.07, 6.45) is 6.99. The molecule has 0 amide bonds. The van der Waals surface area contributed by atoms with Gasteiger partial charge in [0.25, 0.3) is 0 Å². The third-order valence-corrected chi connectivity index (χ3v) is 2.46. The van der Waals surface area contributed by atoms with E-state index < -0.39 is 0 Å². The fraction of sp³-hybridized carbons (Fsp3) is 0.500. The molecule has 0 aliphatic carbocycles. The summed E-state index contributed by atoms with van der Waals surface area (Å²) in [6, 6.07) is 0. The highest BCUT2D eigenvalue weighted by Gasteiger charge is 2.23. The van der Waals surface area contributed by atoms with Gasteiger partial charge in [-0.1, -0.05) is 18.2 Å². The Bertz CT molecular complexity index is 207. The third-order valence-electron chi connectivity index (χ3n) is 2.46. The van der Waals surface area contributed by atoms with Crippen LogP contribution in [0.25, 0.3) is 0 Å². The van der Waals surface area contributed by atoms with Crippen molar-refractivity contribution in [1.82, 2.24) is 15.1 Å². The molecule has 0 spiro atoms. The Morgan fingerprint density at radius 2 is 1.27 bits per heavy atom. The van der Waals surface area contributed by atoms with E-state index in [1.165, 1.54) is 6.42 Å². The van der Waals surface area contributed by atoms with Crippen LogP contribution in [0, 0.1) is 0 Å². The zero-order valence-corrected chi connectivity index (χ0v) is 9.44. The number of rotatable bonds is 6. The second-order valence-electron chi connectivity index (χ2n) is 3.60. The summed E-state index contributed by atoms with van der Waals surface area (Å²) in [6.45, 7) is 16.2. The van der Waals surface area contributed by atoms with Crippen molar-refractivity contribution < 1.29 is 0 Å². The maximum absolute atomic E-state index is 3.80. The van der Waals surface area contributed by atoms with Crippen molar-refractivity contribution in [1.29, 1.82) is 0 Å². The maximum atomic E-state index is 3.80. The first-order chi connectivity index (χ1) is 7.33. The normalized spacial score (nSPS) is 20.0. The molecule has 1 fully saturated rings. The number of nitrogens with zero attached hydrogens (tertiary/aromatic N) is 3. The van der Waals surface area contributed by atoms with E-state index in [4.69, 9.17) is 0 Å². The lowest BCUT2D eigenvalue weighted by molar-refractivity contribution is -0.193. The van der Waals surface area contributed by atoms with Crippen LogP contribution in [-0.2, 0) is 0 Å². The highest BCUT2D eigenvalue weighted by molar-refractivity contribution is 4.81. The van der Waals surface area contributed by atoms with Crippen molar-refractivity contribution in [2.45, 2.75) is 6.42 Å². The maximum Gasteiger partial charge on any atom is 0.0471 e. The van der Waals surface area contributed by atoms with E-state index in [2.05, 4.69) is 34.9 Å². The van der Waals surface area contributed by atoms with Crippen LogP contribution in [0.3, 0.4) is 0 Å². The largest absolute Gasteiger partial charge is 0.224 e. The highest BCUT2D eigenvalue weighted by Crippen LogP contribution is 2.12. The van der Waals surface area contributed by atoms with Crippen LogP contribution in [0.1, 0.15) is 6.42 Å². The van der Waals surface area contributed by atoms with Crippen LogP contribution in [0.2, 0.25) is 0 Å². The lowest BCUT2D eigenvalue weighted by Crippen LogP contribution is -2.57. The molecule has 3 heteroatoms. The molecule has 0 aromatic carbocycles. The molecule has 1 rings (SSSR count). The van der Waals surface area contributed by atoms with Gasteiger partial charge in [-0.3, -0.25) is 0 Å². The third kappa shape index (κ3) is 3.30. The van der Waals surface area contributed by atoms with Crippen LogP contribution >= 0.6 is 0 Å². The van der Waals surface area contributed by atoms with E-state index in [1.54, 1.807) is 0 Å². The minimum Gasteiger partial charge on any atom is -0.224 e. The Labute approximate surface area is 92.9 Å². The lowest BCUT2D eigenvalue weighted by atomic mass is 10.3. The Morgan fingerprint density at radius 1 is 0.800 bits per heavy atom. The molecule has 0 aromatic rings. The average molecular weight is 207 g/mol. The first kappa shape index (κ1) is 12.2. The molecule has 84 valence electrons. The molecule has 1 saturated heterocycles. The fourth-order valence-electron chi connectivity index (χ4n) is 1.86. The first-order valence-corrected chi connectivity index (χ1v) is 5.43. The Hall–Kier alpha value is -0.900. The van der Waals surface area contributed by atoms with Crippen molar-refractivity contribution in [3.05, 3.63) is 38.0 Å². The van der Waals surface area contributed by atoms with Gasteiger partial charge in [-0.25, -0.2) is 10.0 Å². The van der Waals surface area contributed by atoms with Gasteiger partial charge in [0.05, 0.1) is 0 Å². The number of hydrazine groups is 2. The van der Waals surface area contributed by atoms with Crippen molar-refractivity contribution in [2.75, 3.05) is 32.7 Å². The minimum atomic E-state index is 0.849. The van der Waals surface area contributed by atoms with E-state index in [0.29, 0.717) is 0 Å². The van der Waals surface area contributed by atoms with Gasteiger partial charge in [0.2, 0.25) is 0 Å². The fourth-order valence-corrected chi connectivity index (χ4v) is 1.86. The molecule has 0 radical (unpaired) electrons. The van der Waals surface area contributed by atoms with Gasteiger partial charge in [0, 0.05) is 32.7 Å². The molecule has 0 unspecified atom stereocenters. The number of hydrogen-bond donors (Lipinski definition) is 0. The molecule has 1 aliphatic heterocycles. The van der Waals surface area contributed by atoms with Gasteiger partial charge in [-0.15, -0.1) is 19.7 Å². The van der Waals surface area contributed by atoms with Gasteiger partial charge in [0.1, 0.15) is 0 Å². The van der Waals surface area contributed by atoms with E-state index >= 15 is 0 Å². The molecular weight excluding hydrogens is 186 g/mol. The van der Waals surface area contributed by atoms with Gasteiger partial charge < -0.3 is 0 Å². The molecular formula is C12H21N3. The van der Waals surface area contributed by atoms with E-state index in [9.17, 15) is 0 Å². The van der Waals surface area contributed by atoms with Gasteiger partial charge in [-0.05, 0) is 6.42 Å². The Balaban J connectivity index is 2.64. The van der Waals surface area contributed by atoms with E-state index in [-0.39, 0.29) is 0 Å². The summed E-state index contributed by atoms with van der Waals surface area (Å²) in [7, 11) is 0. The van der Waals surface area contributed by atoms with Crippen LogP contribution in [0.15, 0.2) is 38.0 Å². The molecule has 0 aromatic heterocycles. The summed E-state index contributed by atoms with van der Waals surface area (Å²) >= 11 is 0. The monoisotopic (exact) mass is 207 g/mol. The van der Waals surface area contributed by atoms with Gasteiger partial charge in [-0.2, -0.15) is 5.12 Å². The zero-order valence-electron chi connectivity index (χ0n) is 9.44. The van der Waals surface area contributed by atoms with E-state index in [0.717, 1.165) is 32.7 Å². The SMILES string of the molecule is C=CCN1CCCN(CC=C)N1CC=C. The summed E-state index contributed by atoms with van der Waals surface area (Å²) in [4.78, 5) is 0. The average Bonchev–Trinajstić information content (AvgIpc) is 2.23. The predicted molar refractivity (Wildman–Crippen MR) is 65.1 cm³/mol. The van der Waals surface area contributed by atoms with Crippen LogP contribution < -0.4 is 0 Å². The number of hydrogen-bond acceptors (Lipinski definition) is 3. The summed E-state index contributed by atoms with van der Waals surface area (Å²) in [5.74, 6) is 0. The molecule has 1 aliphatic rings. The standard InChI is InChI=1S/C12H21N3/c1-4-8-13-11-7-12-14(9-5-2)15(13)10-6-3/h4-6H,1-3,7-12H2. The van der Waals surface area contributed by atoms with Crippen molar-refractivity contribution in [2.24, 2.45) is 0 Å². The molecule has 15 heavy (non-hydrogen) atoms. The first-order valence-electron chi connectivity index (χ1n) is 5.43. The van der Waals surface area contributed by atoms with E-state index in [1.807, 2.05) is 18.2 Å². The highest BCUT2D eigenvalue weighted by atomic mass is 15.9. The smallest absolute Gasteiger partial charge is 0.0471 e. The topological polar surface area (TPSA) is 9.72 Å². The molecule has 0 saturated carbocycles. The second-order valence-corrected chi connectivity index (χ2v) is 3.60. The minimum absolute atomic E-state index is 0.849. The Kier molecular flexibility index (Phi) is 5.32. The summed E-state index contributed by atoms with van der Waals surface area (Å²) in [5, 5.41) is 6.82. The van der Waals surface area contributed by atoms with Crippen molar-refractivity contribution in [3.63, 3.8) is 0 Å². The van der Waals surface area contributed by atoms with Crippen molar-refractivity contribution in [3.8, 4) is 0 Å². The second kappa shape index (κ2) is 6.56. The van der Waals surface area contributed by atoms with Crippen LogP contribution in [0.5, 0.6) is 0 Å². The predicted octanol–water partition coefficient (Wildman–Crippen LogP) is 1.68. The molecule has 0 bridgehead atoms. The van der Waals surface area contributed by atoms with Crippen molar-refractivity contribution >= 4 is 0 Å². The summed E-state index contributed by atoms with van der Waals surface area (Å²) in [5.41, 5.74) is 0. The lowest BCUT2D eigenvalue weighted by Gasteiger charge is -2.45. The zero-order chi connectivity index (χ0) is 11.1. The van der Waals surface area contributed by atoms with Gasteiger partial charge >= 0.3 is 0 Å². The quantitative estimate of drug-likeness (QED) is 0.614. The Morgan fingerprint density at radius 3 is 1.67 bits per heavy atom.